The van der Waals surface area contributed by atoms with E-state index >= 15 is 0 Å². The fourth-order valence-corrected chi connectivity index (χ4v) is 2.59. The van der Waals surface area contributed by atoms with Crippen LogP contribution in [0.15, 0.2) is 48.0 Å². The quantitative estimate of drug-likeness (QED) is 0.573. The molecule has 0 bridgehead atoms. The van der Waals surface area contributed by atoms with E-state index in [4.69, 9.17) is 20.5 Å². The molecule has 0 heterocycles. The zero-order valence-electron chi connectivity index (χ0n) is 16.8. The van der Waals surface area contributed by atoms with Gasteiger partial charge in [0.25, 0.3) is 5.91 Å². The Morgan fingerprint density at radius 3 is 2.32 bits per heavy atom. The lowest BCUT2D eigenvalue weighted by Crippen LogP contribution is -2.12. The molecule has 28 heavy (non-hydrogen) atoms. The van der Waals surface area contributed by atoms with Gasteiger partial charge in [-0.25, -0.2) is 0 Å². The van der Waals surface area contributed by atoms with Gasteiger partial charge in [0.05, 0.1) is 6.61 Å². The molecule has 0 aliphatic carbocycles. The molecule has 0 unspecified atom stereocenters. The maximum absolute atomic E-state index is 11.2. The number of nitrogens with zero attached hydrogens (tertiary/aromatic N) is 1. The largest absolute Gasteiger partial charge is 0.490 e. The molecule has 2 aromatic carbocycles. The van der Waals surface area contributed by atoms with Gasteiger partial charge < -0.3 is 15.2 Å². The molecular weight excluding hydrogens is 352 g/mol. The molecule has 5 heteroatoms. The van der Waals surface area contributed by atoms with Crippen molar-refractivity contribution in [2.75, 3.05) is 6.61 Å². The second-order valence-corrected chi connectivity index (χ2v) is 7.41. The van der Waals surface area contributed by atoms with Crippen LogP contribution in [0, 0.1) is 11.3 Å². The van der Waals surface area contributed by atoms with Crippen molar-refractivity contribution in [3.05, 3.63) is 64.7 Å². The number of rotatable bonds is 7. The molecule has 0 aromatic heterocycles. The molecule has 0 radical (unpaired) electrons. The molecule has 0 atom stereocenters. The molecule has 1 amide bonds. The predicted molar refractivity (Wildman–Crippen MR) is 110 cm³/mol. The Bertz CT molecular complexity index is 901. The molecule has 0 saturated heterocycles. The Balaban J connectivity index is 2.19. The summed E-state index contributed by atoms with van der Waals surface area (Å²) in [7, 11) is 0. The third kappa shape index (κ3) is 5.62. The number of nitrogens with two attached hydrogens (primary N) is 1. The molecule has 146 valence electrons. The number of primary amides is 1. The lowest BCUT2D eigenvalue weighted by Gasteiger charge is -2.19. The van der Waals surface area contributed by atoms with Crippen molar-refractivity contribution in [2.24, 2.45) is 5.73 Å². The van der Waals surface area contributed by atoms with Crippen LogP contribution in [0.3, 0.4) is 0 Å². The molecule has 2 N–H and O–H groups in total. The highest BCUT2D eigenvalue weighted by atomic mass is 16.5. The standard InChI is InChI=1S/C23H26N2O3/c1-5-27-21-13-17(12-18(14-24)22(25)26)8-11-20(21)28-15-16-6-9-19(10-7-16)23(2,3)4/h6-13H,5,15H2,1-4H3,(H2,25,26)/b18-12+. The number of carbonyl (C=O) groups is 1. The first-order chi connectivity index (χ1) is 13.2. The van der Waals surface area contributed by atoms with E-state index in [2.05, 4.69) is 45.0 Å². The van der Waals surface area contributed by atoms with Gasteiger partial charge in [-0.2, -0.15) is 5.26 Å². The summed E-state index contributed by atoms with van der Waals surface area (Å²) < 4.78 is 11.6. The molecule has 0 spiro atoms. The normalized spacial score (nSPS) is 11.6. The van der Waals surface area contributed by atoms with Crippen LogP contribution < -0.4 is 15.2 Å². The van der Waals surface area contributed by atoms with Crippen molar-refractivity contribution in [3.8, 4) is 17.6 Å². The number of hydrogen-bond acceptors (Lipinski definition) is 4. The number of nitriles is 1. The van der Waals surface area contributed by atoms with Gasteiger partial charge in [-0.1, -0.05) is 51.1 Å². The first-order valence-electron chi connectivity index (χ1n) is 9.15. The summed E-state index contributed by atoms with van der Waals surface area (Å²) in [4.78, 5) is 11.2. The maximum atomic E-state index is 11.2. The number of ether oxygens (including phenoxy) is 2. The van der Waals surface area contributed by atoms with Crippen molar-refractivity contribution in [1.29, 1.82) is 5.26 Å². The summed E-state index contributed by atoms with van der Waals surface area (Å²) in [6.07, 6.45) is 1.43. The van der Waals surface area contributed by atoms with Crippen molar-refractivity contribution in [3.63, 3.8) is 0 Å². The van der Waals surface area contributed by atoms with Crippen LogP contribution >= 0.6 is 0 Å². The van der Waals surface area contributed by atoms with Crippen LogP contribution in [0.4, 0.5) is 0 Å². The Kier molecular flexibility index (Phi) is 6.84. The molecule has 0 aliphatic heterocycles. The van der Waals surface area contributed by atoms with Gasteiger partial charge in [0, 0.05) is 0 Å². The summed E-state index contributed by atoms with van der Waals surface area (Å²) in [5.74, 6) is 0.375. The van der Waals surface area contributed by atoms with E-state index in [-0.39, 0.29) is 11.0 Å². The van der Waals surface area contributed by atoms with Gasteiger partial charge in [-0.3, -0.25) is 4.79 Å². The van der Waals surface area contributed by atoms with Gasteiger partial charge in [0.2, 0.25) is 0 Å². The van der Waals surface area contributed by atoms with Crippen LogP contribution in [-0.4, -0.2) is 12.5 Å². The summed E-state index contributed by atoms with van der Waals surface area (Å²) in [5.41, 5.74) is 8.14. The zero-order valence-corrected chi connectivity index (χ0v) is 16.8. The average Bonchev–Trinajstić information content (AvgIpc) is 2.65. The molecule has 5 nitrogen and oxygen atoms in total. The van der Waals surface area contributed by atoms with E-state index in [1.807, 2.05) is 6.92 Å². The van der Waals surface area contributed by atoms with Gasteiger partial charge in [-0.15, -0.1) is 0 Å². The Labute approximate surface area is 166 Å². The van der Waals surface area contributed by atoms with E-state index in [1.54, 1.807) is 24.3 Å². The zero-order chi connectivity index (χ0) is 20.7. The van der Waals surface area contributed by atoms with Gasteiger partial charge in [0.15, 0.2) is 11.5 Å². The first kappa shape index (κ1) is 21.0. The number of carbonyl (C=O) groups excluding carboxylic acids is 1. The lowest BCUT2D eigenvalue weighted by atomic mass is 9.87. The monoisotopic (exact) mass is 378 g/mol. The average molecular weight is 378 g/mol. The SMILES string of the molecule is CCOc1cc(/C=C(\C#N)C(N)=O)ccc1OCc1ccc(C(C)(C)C)cc1. The van der Waals surface area contributed by atoms with Gasteiger partial charge >= 0.3 is 0 Å². The predicted octanol–water partition coefficient (Wildman–Crippen LogP) is 4.35. The minimum absolute atomic E-state index is 0.109. The first-order valence-corrected chi connectivity index (χ1v) is 9.15. The summed E-state index contributed by atoms with van der Waals surface area (Å²) >= 11 is 0. The number of benzene rings is 2. The summed E-state index contributed by atoms with van der Waals surface area (Å²) in [6, 6.07) is 15.4. The Hall–Kier alpha value is -3.26. The smallest absolute Gasteiger partial charge is 0.259 e. The van der Waals surface area contributed by atoms with Crippen molar-refractivity contribution < 1.29 is 14.3 Å². The van der Waals surface area contributed by atoms with E-state index < -0.39 is 5.91 Å². The third-order valence-corrected chi connectivity index (χ3v) is 4.18. The van der Waals surface area contributed by atoms with Crippen molar-refractivity contribution >= 4 is 12.0 Å². The highest BCUT2D eigenvalue weighted by Gasteiger charge is 2.13. The molecular formula is C23H26N2O3. The summed E-state index contributed by atoms with van der Waals surface area (Å²) in [5, 5.41) is 8.99. The van der Waals surface area contributed by atoms with Gasteiger partial charge in [-0.05, 0) is 47.2 Å². The maximum Gasteiger partial charge on any atom is 0.259 e. The van der Waals surface area contributed by atoms with Crippen molar-refractivity contribution in [1.82, 2.24) is 0 Å². The van der Waals surface area contributed by atoms with E-state index in [0.29, 0.717) is 30.3 Å². The number of amides is 1. The van der Waals surface area contributed by atoms with Crippen LogP contribution in [-0.2, 0) is 16.8 Å². The topological polar surface area (TPSA) is 85.3 Å². The summed E-state index contributed by atoms with van der Waals surface area (Å²) in [6.45, 7) is 9.28. The molecule has 0 saturated carbocycles. The Morgan fingerprint density at radius 2 is 1.79 bits per heavy atom. The van der Waals surface area contributed by atoms with Crippen LogP contribution in [0.5, 0.6) is 11.5 Å². The fraction of sp³-hybridized carbons (Fsp3) is 0.304. The van der Waals surface area contributed by atoms with E-state index in [9.17, 15) is 4.79 Å². The minimum Gasteiger partial charge on any atom is -0.490 e. The fourth-order valence-electron chi connectivity index (χ4n) is 2.59. The number of hydrogen-bond donors (Lipinski definition) is 1. The molecule has 0 aliphatic rings. The third-order valence-electron chi connectivity index (χ3n) is 4.18. The second kappa shape index (κ2) is 9.09. The highest BCUT2D eigenvalue weighted by Crippen LogP contribution is 2.30. The highest BCUT2D eigenvalue weighted by molar-refractivity contribution is 6.00. The molecule has 2 rings (SSSR count). The molecule has 2 aromatic rings. The second-order valence-electron chi connectivity index (χ2n) is 7.41. The lowest BCUT2D eigenvalue weighted by molar-refractivity contribution is -0.114. The van der Waals surface area contributed by atoms with Crippen LogP contribution in [0.1, 0.15) is 44.4 Å². The van der Waals surface area contributed by atoms with Crippen LogP contribution in [0.25, 0.3) is 6.08 Å². The van der Waals surface area contributed by atoms with E-state index in [0.717, 1.165) is 5.56 Å². The van der Waals surface area contributed by atoms with Gasteiger partial charge in [0.1, 0.15) is 18.2 Å². The minimum atomic E-state index is -0.764. The van der Waals surface area contributed by atoms with Crippen molar-refractivity contribution in [2.45, 2.75) is 39.7 Å². The van der Waals surface area contributed by atoms with Crippen LogP contribution in [0.2, 0.25) is 0 Å². The Morgan fingerprint density at radius 1 is 1.11 bits per heavy atom. The molecule has 0 fully saturated rings. The van der Waals surface area contributed by atoms with E-state index in [1.165, 1.54) is 11.6 Å².